The Kier molecular flexibility index (Phi) is 16.3. The van der Waals surface area contributed by atoms with Crippen LogP contribution in [0.2, 0.25) is 0 Å². The van der Waals surface area contributed by atoms with Crippen molar-refractivity contribution in [3.8, 4) is 0 Å². The van der Waals surface area contributed by atoms with Crippen LogP contribution in [0.25, 0.3) is 22.3 Å². The summed E-state index contributed by atoms with van der Waals surface area (Å²) in [6.45, 7) is -16.1. The quantitative estimate of drug-likeness (QED) is 0.0313. The van der Waals surface area contributed by atoms with E-state index >= 15 is 0 Å². The van der Waals surface area contributed by atoms with Gasteiger partial charge in [0.2, 0.25) is 23.8 Å². The molecule has 37 nitrogen and oxygen atoms in total. The number of aromatic amines is 2. The van der Waals surface area contributed by atoms with Crippen LogP contribution in [0.15, 0.2) is 44.5 Å². The number of aliphatic hydroxyl groups excluding tert-OH is 2. The molecule has 0 aromatic carbocycles. The zero-order chi connectivity index (χ0) is 56.3. The van der Waals surface area contributed by atoms with Crippen LogP contribution in [0.1, 0.15) is 50.6 Å². The van der Waals surface area contributed by atoms with E-state index in [1.165, 1.54) is 21.8 Å². The molecule has 4 aliphatic heterocycles. The lowest BCUT2D eigenvalue weighted by molar-refractivity contribution is -0.0531. The highest BCUT2D eigenvalue weighted by molar-refractivity contribution is 8.45. The molecule has 12 N–H and O–H groups in total. The largest absolute Gasteiger partial charge is 0.394 e. The summed E-state index contributed by atoms with van der Waals surface area (Å²) in [6.07, 6.45) is -10.4. The topological polar surface area (TPSA) is 511 Å². The Morgan fingerprint density at radius 1 is 0.544 bits per heavy atom. The second-order valence-corrected chi connectivity index (χ2v) is 26.4. The first-order valence-electron chi connectivity index (χ1n) is 23.2. The fraction of sp³-hybridized carbons (Fsp3) is 0.556. The van der Waals surface area contributed by atoms with E-state index in [0.717, 1.165) is 21.8 Å². The van der Waals surface area contributed by atoms with Crippen LogP contribution < -0.4 is 45.4 Å². The Morgan fingerprint density at radius 3 is 1.32 bits per heavy atom. The number of aliphatic hydroxyl groups is 2. The van der Waals surface area contributed by atoms with Crippen molar-refractivity contribution in [2.24, 2.45) is 0 Å². The van der Waals surface area contributed by atoms with E-state index < -0.39 is 143 Å². The van der Waals surface area contributed by atoms with Crippen molar-refractivity contribution in [1.82, 2.24) is 68.1 Å². The van der Waals surface area contributed by atoms with Crippen LogP contribution in [-0.2, 0) is 59.8 Å². The van der Waals surface area contributed by atoms with Crippen LogP contribution in [-0.4, -0.2) is 154 Å². The molecule has 6 aromatic rings. The number of hydrogen-bond acceptors (Lipinski definition) is 31. The Balaban J connectivity index is 0.809. The highest BCUT2D eigenvalue weighted by atomic mass is 32.7. The summed E-state index contributed by atoms with van der Waals surface area (Å²) in [4.78, 5) is 86.4. The maximum absolute atomic E-state index is 14.2. The highest BCUT2D eigenvalue weighted by Crippen LogP contribution is 2.60. The molecular weight excluding hydrogens is 1180 g/mol. The number of nitrogens with zero attached hydrogens (tertiary/aromatic N) is 12. The van der Waals surface area contributed by atoms with E-state index in [1.807, 2.05) is 0 Å². The molecule has 0 bridgehead atoms. The average Bonchev–Trinajstić information content (AvgIpc) is 4.46. The minimum absolute atomic E-state index is 0.0325. The van der Waals surface area contributed by atoms with E-state index in [4.69, 9.17) is 69.0 Å². The van der Waals surface area contributed by atoms with Crippen molar-refractivity contribution in [1.29, 1.82) is 0 Å². The summed E-state index contributed by atoms with van der Waals surface area (Å²) in [7, 11) is 0. The Morgan fingerprint density at radius 2 is 0.899 bits per heavy atom. The molecule has 428 valence electrons. The molecule has 10 heterocycles. The number of anilines is 4. The van der Waals surface area contributed by atoms with Crippen molar-refractivity contribution in [2.45, 2.75) is 99.4 Å². The van der Waals surface area contributed by atoms with Crippen LogP contribution in [0, 0.1) is 0 Å². The van der Waals surface area contributed by atoms with E-state index in [0.29, 0.717) is 0 Å². The lowest BCUT2D eigenvalue weighted by atomic mass is 10.2. The molecular formula is C36H47N18O19P3S3. The van der Waals surface area contributed by atoms with Gasteiger partial charge in [-0.2, -0.15) is 19.9 Å². The number of imidazole rings is 2. The molecule has 43 heteroatoms. The molecule has 4 fully saturated rings. The number of fused-ring (bicyclic) bond motifs is 2. The maximum atomic E-state index is 14.2. The molecule has 0 radical (unpaired) electrons. The van der Waals surface area contributed by atoms with Gasteiger partial charge in [-0.15, -0.1) is 0 Å². The summed E-state index contributed by atoms with van der Waals surface area (Å²) in [5, 5.41) is 21.1. The van der Waals surface area contributed by atoms with Gasteiger partial charge in [0.15, 0.2) is 22.3 Å². The third kappa shape index (κ3) is 12.6. The number of nitrogens with one attached hydrogen (secondary N) is 2. The standard InChI is InChI=1S/C36H47N18O19P3S3/c37-31-43-11-53(35(59)49-31)23-3-15(72-74(61,77)64-6-18-13(56)1-21(68-18)51-9-41-25-27(51)45-33(39)47-29(25)57)20(70-23)8-66-76(63,79)73-16-4-24(54-12-44-32(38)50-36(54)60)69-19(16)7-65-75(62,78)71-14-2-22(67-17(14)5-55)52-10-42-26-28(52)46-34(40)48-30(26)58/h9-24,55-56H,1-8H2,(H,61,77)(H,62,78)(H,63,79)(H2,37,49,59)(H2,38,50,60)(H3,39,45,47,57)(H3,40,46,48,58)/t13?,14?,15?,16?,17-,18-,19-,20-,21-,22-,23-,24-,74?,75?,76?/m1/s1. The number of nitrogen functional groups attached to an aromatic ring is 4. The van der Waals surface area contributed by atoms with Crippen molar-refractivity contribution >= 4 is 103 Å². The van der Waals surface area contributed by atoms with Gasteiger partial charge in [-0.3, -0.25) is 65.0 Å². The van der Waals surface area contributed by atoms with Gasteiger partial charge in [0, 0.05) is 25.7 Å². The monoisotopic (exact) mass is 1220 g/mol. The van der Waals surface area contributed by atoms with Crippen molar-refractivity contribution in [3.05, 3.63) is 67.0 Å². The zero-order valence-electron chi connectivity index (χ0n) is 40.1. The number of aromatic nitrogens is 14. The minimum atomic E-state index is -4.62. The van der Waals surface area contributed by atoms with Crippen molar-refractivity contribution in [3.63, 3.8) is 0 Å². The van der Waals surface area contributed by atoms with E-state index in [2.05, 4.69) is 86.6 Å². The van der Waals surface area contributed by atoms with Gasteiger partial charge in [-0.25, -0.2) is 43.2 Å². The van der Waals surface area contributed by atoms with Gasteiger partial charge in [0.1, 0.15) is 80.3 Å². The SMILES string of the molecule is Nc1ncn([C@H]2CC(OP(=O)(S)OC[C@H]3O[C@@H](n4cnc5c(=O)[nH]c(N)nc54)CC3O)[C@@H](COP(=O)(S)OC3C[C@H](n4cnc(N)nc4=O)O[C@@H]3COP(=O)(S)OC3C[C@H](n4cnc5c(=O)[nH]c(N)nc54)O[C@@H]3CO)O2)c(=O)n1. The molecule has 0 aliphatic carbocycles. The summed E-state index contributed by atoms with van der Waals surface area (Å²) >= 11 is 12.5. The molecule has 4 aliphatic rings. The van der Waals surface area contributed by atoms with E-state index in [9.17, 15) is 43.1 Å². The average molecular weight is 1230 g/mol. The number of hydrogen-bond donors (Lipinski definition) is 11. The molecule has 15 atom stereocenters. The van der Waals surface area contributed by atoms with Gasteiger partial charge in [-0.05, 0) is 0 Å². The molecule has 10 rings (SSSR count). The second kappa shape index (κ2) is 22.6. The summed E-state index contributed by atoms with van der Waals surface area (Å²) in [6, 6.07) is 0. The van der Waals surface area contributed by atoms with Crippen LogP contribution >= 0.6 is 57.1 Å². The van der Waals surface area contributed by atoms with Crippen LogP contribution in [0.3, 0.4) is 0 Å². The molecule has 0 saturated carbocycles. The predicted octanol–water partition coefficient (Wildman–Crippen LogP) is -1.29. The van der Waals surface area contributed by atoms with Gasteiger partial charge < -0.3 is 52.1 Å². The first-order chi connectivity index (χ1) is 37.4. The number of nitrogens with two attached hydrogens (primary N) is 4. The first-order valence-corrected chi connectivity index (χ1v) is 31.2. The first kappa shape index (κ1) is 57.0. The molecule has 79 heavy (non-hydrogen) atoms. The minimum Gasteiger partial charge on any atom is -0.394 e. The molecule has 0 amide bonds. The Hall–Kier alpha value is -5.22. The van der Waals surface area contributed by atoms with Crippen LogP contribution in [0.5, 0.6) is 0 Å². The summed E-state index contributed by atoms with van der Waals surface area (Å²) in [5.74, 6) is -1.08. The fourth-order valence-electron chi connectivity index (χ4n) is 8.97. The van der Waals surface area contributed by atoms with Gasteiger partial charge in [0.25, 0.3) is 11.1 Å². The Labute approximate surface area is 455 Å². The van der Waals surface area contributed by atoms with Crippen molar-refractivity contribution in [2.75, 3.05) is 49.4 Å². The fourth-order valence-corrected chi connectivity index (χ4v) is 13.5. The van der Waals surface area contributed by atoms with E-state index in [1.54, 1.807) is 0 Å². The third-order valence-corrected chi connectivity index (χ3v) is 17.5. The smallest absolute Gasteiger partial charge is 0.386 e. The molecule has 4 saturated heterocycles. The molecule has 7 unspecified atom stereocenters. The zero-order valence-corrected chi connectivity index (χ0v) is 45.5. The Bertz CT molecular complexity index is 3670. The normalized spacial score (nSPS) is 29.5. The lowest BCUT2D eigenvalue weighted by Gasteiger charge is -2.26. The summed E-state index contributed by atoms with van der Waals surface area (Å²) in [5.41, 5.74) is 19.7. The summed E-state index contributed by atoms with van der Waals surface area (Å²) < 4.78 is 105. The van der Waals surface area contributed by atoms with Crippen LogP contribution in [0.4, 0.5) is 23.8 Å². The second-order valence-electron chi connectivity index (χ2n) is 17.8. The van der Waals surface area contributed by atoms with E-state index in [-0.39, 0.29) is 71.8 Å². The van der Waals surface area contributed by atoms with Gasteiger partial charge >= 0.3 is 31.8 Å². The third-order valence-electron chi connectivity index (χ3n) is 12.6. The molecule has 0 spiro atoms. The lowest BCUT2D eigenvalue weighted by Crippen LogP contribution is -2.31. The predicted molar refractivity (Wildman–Crippen MR) is 276 cm³/mol. The number of ether oxygens (including phenoxy) is 4. The van der Waals surface area contributed by atoms with Gasteiger partial charge in [-0.1, -0.05) is 36.7 Å². The number of rotatable bonds is 20. The maximum Gasteiger partial charge on any atom is 0.386 e. The number of H-pyrrole nitrogens is 2. The van der Waals surface area contributed by atoms with Gasteiger partial charge in [0.05, 0.1) is 45.2 Å². The number of thiol groups is 3. The molecule has 6 aromatic heterocycles. The highest BCUT2D eigenvalue weighted by Gasteiger charge is 2.48. The van der Waals surface area contributed by atoms with Crippen molar-refractivity contribution < 1.29 is 70.0 Å².